The van der Waals surface area contributed by atoms with Crippen LogP contribution < -0.4 is 0 Å². The number of hydrogen-bond acceptors (Lipinski definition) is 3. The van der Waals surface area contributed by atoms with Crippen LogP contribution in [-0.4, -0.2) is 26.5 Å². The molecule has 70 valence electrons. The number of aromatic amines is 1. The number of rotatable bonds is 2. The summed E-state index contributed by atoms with van der Waals surface area (Å²) in [6.07, 6.45) is 4.40. The first-order valence-corrected chi connectivity index (χ1v) is 4.43. The molecule has 0 aliphatic heterocycles. The highest BCUT2D eigenvalue weighted by Crippen LogP contribution is 2.33. The maximum absolute atomic E-state index is 10.7. The molecule has 0 saturated heterocycles. The van der Waals surface area contributed by atoms with Gasteiger partial charge >= 0.3 is 5.97 Å². The van der Waals surface area contributed by atoms with E-state index >= 15 is 0 Å². The summed E-state index contributed by atoms with van der Waals surface area (Å²) in [4.78, 5) is 10.7. The minimum atomic E-state index is -0.990. The lowest BCUT2D eigenvalue weighted by Gasteiger charge is -2.03. The summed E-state index contributed by atoms with van der Waals surface area (Å²) in [5, 5.41) is 18.7. The Balaban J connectivity index is 2.28. The third-order valence-corrected chi connectivity index (χ3v) is 2.52. The summed E-state index contributed by atoms with van der Waals surface area (Å²) in [5.41, 5.74) is 0.719. The van der Waals surface area contributed by atoms with Crippen LogP contribution in [-0.2, 0) is 0 Å². The van der Waals surface area contributed by atoms with Crippen LogP contribution in [0.25, 0.3) is 0 Å². The van der Waals surface area contributed by atoms with E-state index in [0.717, 1.165) is 25.7 Å². The van der Waals surface area contributed by atoms with E-state index in [-0.39, 0.29) is 5.69 Å². The van der Waals surface area contributed by atoms with Gasteiger partial charge in [0, 0.05) is 5.92 Å². The molecule has 13 heavy (non-hydrogen) atoms. The molecule has 0 aromatic carbocycles. The predicted molar refractivity (Wildman–Crippen MR) is 44.6 cm³/mol. The van der Waals surface area contributed by atoms with Crippen molar-refractivity contribution in [1.82, 2.24) is 15.4 Å². The van der Waals surface area contributed by atoms with Crippen molar-refractivity contribution in [2.45, 2.75) is 31.6 Å². The average molecular weight is 181 g/mol. The lowest BCUT2D eigenvalue weighted by molar-refractivity contribution is 0.0688. The highest BCUT2D eigenvalue weighted by molar-refractivity contribution is 5.86. The first kappa shape index (κ1) is 8.22. The molecule has 2 N–H and O–H groups in total. The van der Waals surface area contributed by atoms with Gasteiger partial charge in [0.1, 0.15) is 5.69 Å². The van der Waals surface area contributed by atoms with E-state index < -0.39 is 5.97 Å². The van der Waals surface area contributed by atoms with Crippen molar-refractivity contribution in [3.63, 3.8) is 0 Å². The van der Waals surface area contributed by atoms with Gasteiger partial charge in [0.25, 0.3) is 0 Å². The normalized spacial score (nSPS) is 17.8. The molecule has 1 aliphatic carbocycles. The summed E-state index contributed by atoms with van der Waals surface area (Å²) in [6.45, 7) is 0. The quantitative estimate of drug-likeness (QED) is 0.717. The van der Waals surface area contributed by atoms with Gasteiger partial charge in [-0.3, -0.25) is 0 Å². The maximum Gasteiger partial charge on any atom is 0.358 e. The summed E-state index contributed by atoms with van der Waals surface area (Å²) < 4.78 is 0. The molecule has 1 heterocycles. The van der Waals surface area contributed by atoms with E-state index in [9.17, 15) is 4.79 Å². The monoisotopic (exact) mass is 181 g/mol. The van der Waals surface area contributed by atoms with Crippen molar-refractivity contribution in [1.29, 1.82) is 0 Å². The van der Waals surface area contributed by atoms with Crippen LogP contribution in [0.4, 0.5) is 0 Å². The molecule has 0 spiro atoms. The fourth-order valence-corrected chi connectivity index (χ4v) is 1.88. The van der Waals surface area contributed by atoms with E-state index in [4.69, 9.17) is 5.11 Å². The topological polar surface area (TPSA) is 78.9 Å². The van der Waals surface area contributed by atoms with E-state index in [2.05, 4.69) is 15.4 Å². The molecule has 0 radical (unpaired) electrons. The summed E-state index contributed by atoms with van der Waals surface area (Å²) in [5.74, 6) is -0.694. The molecule has 0 bridgehead atoms. The molecule has 0 unspecified atom stereocenters. The zero-order valence-electron chi connectivity index (χ0n) is 7.16. The Kier molecular flexibility index (Phi) is 2.00. The first-order valence-electron chi connectivity index (χ1n) is 4.43. The van der Waals surface area contributed by atoms with Gasteiger partial charge in [-0.25, -0.2) is 4.79 Å². The van der Waals surface area contributed by atoms with Crippen LogP contribution in [0.2, 0.25) is 0 Å². The molecule has 5 nitrogen and oxygen atoms in total. The highest BCUT2D eigenvalue weighted by atomic mass is 16.4. The Morgan fingerprint density at radius 2 is 2.08 bits per heavy atom. The second-order valence-electron chi connectivity index (χ2n) is 3.34. The average Bonchev–Trinajstić information content (AvgIpc) is 2.74. The molecular weight excluding hydrogens is 170 g/mol. The van der Waals surface area contributed by atoms with Gasteiger partial charge in [-0.1, -0.05) is 12.8 Å². The summed E-state index contributed by atoms with van der Waals surface area (Å²) >= 11 is 0. The van der Waals surface area contributed by atoms with Crippen LogP contribution in [0.15, 0.2) is 0 Å². The number of carbonyl (C=O) groups is 1. The molecule has 1 aromatic rings. The number of carboxylic acids is 1. The number of nitrogens with zero attached hydrogens (tertiary/aromatic N) is 2. The Morgan fingerprint density at radius 1 is 1.38 bits per heavy atom. The van der Waals surface area contributed by atoms with Gasteiger partial charge < -0.3 is 5.11 Å². The summed E-state index contributed by atoms with van der Waals surface area (Å²) in [7, 11) is 0. The van der Waals surface area contributed by atoms with Gasteiger partial charge in [-0.05, 0) is 12.8 Å². The number of carboxylic acid groups (broad SMARTS) is 1. The largest absolute Gasteiger partial charge is 0.476 e. The second kappa shape index (κ2) is 3.16. The molecule has 5 heteroatoms. The lowest BCUT2D eigenvalue weighted by Crippen LogP contribution is -2.04. The molecular formula is C8H11N3O2. The maximum atomic E-state index is 10.7. The predicted octanol–water partition coefficient (Wildman–Crippen LogP) is 1.16. The minimum Gasteiger partial charge on any atom is -0.476 e. The molecule has 1 saturated carbocycles. The third-order valence-electron chi connectivity index (χ3n) is 2.52. The molecule has 0 atom stereocenters. The van der Waals surface area contributed by atoms with Crippen LogP contribution in [0, 0.1) is 0 Å². The van der Waals surface area contributed by atoms with Crippen LogP contribution in [0.3, 0.4) is 0 Å². The fraction of sp³-hybridized carbons (Fsp3) is 0.625. The lowest BCUT2D eigenvalue weighted by atomic mass is 10.0. The standard InChI is InChI=1S/C8H11N3O2/c12-8(13)7-6(9-11-10-7)5-3-1-2-4-5/h5H,1-4H2,(H,12,13)(H,9,10,11). The number of hydrogen-bond donors (Lipinski definition) is 2. The van der Waals surface area contributed by atoms with Gasteiger partial charge in [-0.2, -0.15) is 10.3 Å². The van der Waals surface area contributed by atoms with Crippen molar-refractivity contribution in [3.05, 3.63) is 11.4 Å². The van der Waals surface area contributed by atoms with Gasteiger partial charge in [0.15, 0.2) is 5.69 Å². The van der Waals surface area contributed by atoms with Crippen molar-refractivity contribution < 1.29 is 9.90 Å². The minimum absolute atomic E-state index is 0.0897. The molecule has 1 aliphatic rings. The number of H-pyrrole nitrogens is 1. The van der Waals surface area contributed by atoms with E-state index in [0.29, 0.717) is 11.6 Å². The van der Waals surface area contributed by atoms with Crippen molar-refractivity contribution >= 4 is 5.97 Å². The second-order valence-corrected chi connectivity index (χ2v) is 3.34. The molecule has 2 rings (SSSR count). The van der Waals surface area contributed by atoms with Crippen molar-refractivity contribution in [2.24, 2.45) is 0 Å². The smallest absolute Gasteiger partial charge is 0.358 e. The molecule has 0 amide bonds. The molecule has 1 fully saturated rings. The Hall–Kier alpha value is -1.39. The zero-order valence-corrected chi connectivity index (χ0v) is 7.16. The van der Waals surface area contributed by atoms with Gasteiger partial charge in [0.05, 0.1) is 0 Å². The van der Waals surface area contributed by atoms with Gasteiger partial charge in [0.2, 0.25) is 0 Å². The van der Waals surface area contributed by atoms with E-state index in [1.165, 1.54) is 0 Å². The Bertz CT molecular complexity index is 315. The van der Waals surface area contributed by atoms with E-state index in [1.807, 2.05) is 0 Å². The number of aromatic carboxylic acids is 1. The highest BCUT2D eigenvalue weighted by Gasteiger charge is 2.25. The van der Waals surface area contributed by atoms with Crippen LogP contribution in [0.5, 0.6) is 0 Å². The number of nitrogens with one attached hydrogen (secondary N) is 1. The fourth-order valence-electron chi connectivity index (χ4n) is 1.88. The van der Waals surface area contributed by atoms with Crippen LogP contribution in [0.1, 0.15) is 47.8 Å². The Morgan fingerprint density at radius 3 is 2.69 bits per heavy atom. The summed E-state index contributed by atoms with van der Waals surface area (Å²) in [6, 6.07) is 0. The van der Waals surface area contributed by atoms with E-state index in [1.54, 1.807) is 0 Å². The number of aromatic nitrogens is 3. The van der Waals surface area contributed by atoms with Crippen molar-refractivity contribution in [3.8, 4) is 0 Å². The zero-order chi connectivity index (χ0) is 9.26. The molecule has 1 aromatic heterocycles. The SMILES string of the molecule is O=C(O)c1n[nH]nc1C1CCCC1. The van der Waals surface area contributed by atoms with Crippen molar-refractivity contribution in [2.75, 3.05) is 0 Å². The first-order chi connectivity index (χ1) is 6.29. The third kappa shape index (κ3) is 1.41. The van der Waals surface area contributed by atoms with Gasteiger partial charge in [-0.15, -0.1) is 5.10 Å². The van der Waals surface area contributed by atoms with Crippen LogP contribution >= 0.6 is 0 Å². The Labute approximate surface area is 75.2 Å².